The zero-order valence-corrected chi connectivity index (χ0v) is 19.6. The number of carbonyl (C=O) groups is 3. The molecule has 3 N–H and O–H groups in total. The number of nitrogens with one attached hydrogen (secondary N) is 3. The van der Waals surface area contributed by atoms with Crippen LogP contribution in [0.4, 0.5) is 5.69 Å². The minimum absolute atomic E-state index is 0.0607. The number of rotatable bonds is 4. The lowest BCUT2D eigenvalue weighted by Gasteiger charge is -2.21. The van der Waals surface area contributed by atoms with Crippen LogP contribution in [0.1, 0.15) is 57.4 Å². The summed E-state index contributed by atoms with van der Waals surface area (Å²) in [5.74, 6) is -1.13. The minimum atomic E-state index is -0.468. The highest BCUT2D eigenvalue weighted by molar-refractivity contribution is 9.10. The van der Waals surface area contributed by atoms with Crippen LogP contribution in [0.2, 0.25) is 0 Å². The van der Waals surface area contributed by atoms with Crippen molar-refractivity contribution in [1.82, 2.24) is 10.9 Å². The monoisotopic (exact) mass is 493 g/mol. The molecule has 0 spiro atoms. The van der Waals surface area contributed by atoms with E-state index in [1.165, 1.54) is 0 Å². The van der Waals surface area contributed by atoms with Crippen LogP contribution < -0.4 is 16.2 Å². The molecule has 164 valence electrons. The summed E-state index contributed by atoms with van der Waals surface area (Å²) in [5, 5.41) is 2.77. The third-order valence-corrected chi connectivity index (χ3v) is 5.43. The van der Waals surface area contributed by atoms with Crippen LogP contribution in [0.25, 0.3) is 0 Å². The zero-order chi connectivity index (χ0) is 23.3. The summed E-state index contributed by atoms with van der Waals surface area (Å²) >= 11 is 3.51. The Morgan fingerprint density at radius 2 is 1.22 bits per heavy atom. The van der Waals surface area contributed by atoms with Gasteiger partial charge in [0, 0.05) is 26.9 Å². The molecule has 6 nitrogen and oxygen atoms in total. The largest absolute Gasteiger partial charge is 0.322 e. The van der Waals surface area contributed by atoms with Gasteiger partial charge in [-0.1, -0.05) is 61.0 Å². The van der Waals surface area contributed by atoms with Crippen LogP contribution >= 0.6 is 15.9 Å². The van der Waals surface area contributed by atoms with E-state index < -0.39 is 11.8 Å². The van der Waals surface area contributed by atoms with Crippen molar-refractivity contribution in [3.63, 3.8) is 0 Å². The second-order valence-electron chi connectivity index (χ2n) is 8.25. The topological polar surface area (TPSA) is 87.3 Å². The fourth-order valence-corrected chi connectivity index (χ4v) is 3.99. The maximum absolute atomic E-state index is 12.4. The van der Waals surface area contributed by atoms with E-state index in [0.29, 0.717) is 22.4 Å². The third-order valence-electron chi connectivity index (χ3n) is 4.77. The molecular weight excluding hydrogens is 470 g/mol. The Hall–Kier alpha value is -3.45. The molecule has 3 aromatic carbocycles. The van der Waals surface area contributed by atoms with Gasteiger partial charge >= 0.3 is 0 Å². The molecule has 0 aliphatic rings. The van der Waals surface area contributed by atoms with Gasteiger partial charge in [0.15, 0.2) is 0 Å². The highest BCUT2D eigenvalue weighted by Crippen LogP contribution is 2.30. The summed E-state index contributed by atoms with van der Waals surface area (Å²) in [4.78, 5) is 37.0. The van der Waals surface area contributed by atoms with Crippen LogP contribution in [0, 0.1) is 0 Å². The van der Waals surface area contributed by atoms with Gasteiger partial charge < -0.3 is 5.32 Å². The van der Waals surface area contributed by atoms with Crippen molar-refractivity contribution in [1.29, 1.82) is 0 Å². The molecule has 0 saturated heterocycles. The van der Waals surface area contributed by atoms with Gasteiger partial charge in [-0.15, -0.1) is 0 Å². The van der Waals surface area contributed by atoms with Gasteiger partial charge in [-0.25, -0.2) is 0 Å². The van der Waals surface area contributed by atoms with Gasteiger partial charge in [0.25, 0.3) is 17.7 Å². The number of hydrogen-bond acceptors (Lipinski definition) is 3. The Bertz CT molecular complexity index is 1140. The molecule has 3 amide bonds. The first kappa shape index (κ1) is 23.2. The molecule has 0 unspecified atom stereocenters. The van der Waals surface area contributed by atoms with E-state index in [1.807, 2.05) is 12.1 Å². The number of anilines is 1. The SMILES string of the molecule is CC(C)(C)c1ccc(C(=O)NNC(=O)c2ccc(NC(=O)c3ccccc3)cc2)cc1Br. The highest BCUT2D eigenvalue weighted by atomic mass is 79.9. The van der Waals surface area contributed by atoms with Crippen molar-refractivity contribution >= 4 is 39.3 Å². The normalized spacial score (nSPS) is 10.9. The minimum Gasteiger partial charge on any atom is -0.322 e. The molecule has 3 aromatic rings. The molecule has 3 rings (SSSR count). The maximum atomic E-state index is 12.4. The number of hydrazine groups is 1. The standard InChI is InChI=1S/C25H24BrN3O3/c1-25(2,3)20-14-11-18(15-21(20)26)24(32)29-28-23(31)17-9-12-19(13-10-17)27-22(30)16-7-5-4-6-8-16/h4-15H,1-3H3,(H,27,30)(H,28,31)(H,29,32). The van der Waals surface area contributed by atoms with E-state index >= 15 is 0 Å². The number of hydrogen-bond donors (Lipinski definition) is 3. The summed E-state index contributed by atoms with van der Waals surface area (Å²) in [5.41, 5.74) is 7.71. The Labute approximate surface area is 195 Å². The van der Waals surface area contributed by atoms with Crippen molar-refractivity contribution in [2.24, 2.45) is 0 Å². The van der Waals surface area contributed by atoms with E-state index in [9.17, 15) is 14.4 Å². The molecule has 0 atom stereocenters. The predicted molar refractivity (Wildman–Crippen MR) is 129 cm³/mol. The summed E-state index contributed by atoms with van der Waals surface area (Å²) < 4.78 is 0.831. The fourth-order valence-electron chi connectivity index (χ4n) is 3.02. The van der Waals surface area contributed by atoms with Gasteiger partial charge in [-0.3, -0.25) is 25.2 Å². The molecular formula is C25H24BrN3O3. The molecule has 0 aliphatic carbocycles. The number of carbonyl (C=O) groups excluding carboxylic acids is 3. The van der Waals surface area contributed by atoms with Crippen molar-refractivity contribution in [2.75, 3.05) is 5.32 Å². The smallest absolute Gasteiger partial charge is 0.269 e. The second kappa shape index (κ2) is 9.78. The van der Waals surface area contributed by atoms with Gasteiger partial charge in [-0.05, 0) is 59.5 Å². The number of halogens is 1. The Morgan fingerprint density at radius 1 is 0.688 bits per heavy atom. The van der Waals surface area contributed by atoms with Crippen LogP contribution in [0.3, 0.4) is 0 Å². The van der Waals surface area contributed by atoms with Gasteiger partial charge in [0.1, 0.15) is 0 Å². The average Bonchev–Trinajstić information content (AvgIpc) is 2.77. The lowest BCUT2D eigenvalue weighted by atomic mass is 9.86. The van der Waals surface area contributed by atoms with Gasteiger partial charge in [0.2, 0.25) is 0 Å². The van der Waals surface area contributed by atoms with Crippen LogP contribution in [0.15, 0.2) is 77.3 Å². The Kier molecular flexibility index (Phi) is 7.10. The van der Waals surface area contributed by atoms with E-state index in [0.717, 1.165) is 10.0 Å². The maximum Gasteiger partial charge on any atom is 0.269 e. The van der Waals surface area contributed by atoms with Gasteiger partial charge in [-0.2, -0.15) is 0 Å². The second-order valence-corrected chi connectivity index (χ2v) is 9.10. The van der Waals surface area contributed by atoms with E-state index in [-0.39, 0.29) is 11.3 Å². The van der Waals surface area contributed by atoms with Crippen LogP contribution in [-0.4, -0.2) is 17.7 Å². The molecule has 0 saturated carbocycles. The van der Waals surface area contributed by atoms with E-state index in [1.54, 1.807) is 60.7 Å². The molecule has 32 heavy (non-hydrogen) atoms. The third kappa shape index (κ3) is 5.82. The molecule has 0 heterocycles. The Balaban J connectivity index is 1.57. The number of benzene rings is 3. The first-order valence-corrected chi connectivity index (χ1v) is 10.8. The van der Waals surface area contributed by atoms with Gasteiger partial charge in [0.05, 0.1) is 0 Å². The van der Waals surface area contributed by atoms with Crippen LogP contribution in [0.5, 0.6) is 0 Å². The quantitative estimate of drug-likeness (QED) is 0.443. The first-order valence-electron chi connectivity index (χ1n) is 10.0. The molecule has 0 radical (unpaired) electrons. The van der Waals surface area contributed by atoms with Crippen molar-refractivity contribution < 1.29 is 14.4 Å². The van der Waals surface area contributed by atoms with E-state index in [2.05, 4.69) is 52.9 Å². The van der Waals surface area contributed by atoms with Crippen LogP contribution in [-0.2, 0) is 5.41 Å². The summed E-state index contributed by atoms with van der Waals surface area (Å²) in [6.07, 6.45) is 0. The summed E-state index contributed by atoms with van der Waals surface area (Å²) in [6, 6.07) is 20.6. The van der Waals surface area contributed by atoms with Crippen molar-refractivity contribution in [3.8, 4) is 0 Å². The first-order chi connectivity index (χ1) is 15.1. The number of amides is 3. The predicted octanol–water partition coefficient (Wildman–Crippen LogP) is 5.07. The molecule has 7 heteroatoms. The zero-order valence-electron chi connectivity index (χ0n) is 18.0. The molecule has 0 bridgehead atoms. The fraction of sp³-hybridized carbons (Fsp3) is 0.160. The lowest BCUT2D eigenvalue weighted by molar-refractivity contribution is 0.0846. The Morgan fingerprint density at radius 3 is 1.78 bits per heavy atom. The highest BCUT2D eigenvalue weighted by Gasteiger charge is 2.18. The lowest BCUT2D eigenvalue weighted by Crippen LogP contribution is -2.41. The summed E-state index contributed by atoms with van der Waals surface area (Å²) in [6.45, 7) is 6.27. The molecule has 0 aromatic heterocycles. The molecule has 0 aliphatic heterocycles. The van der Waals surface area contributed by atoms with Crippen molar-refractivity contribution in [3.05, 3.63) is 99.5 Å². The molecule has 0 fully saturated rings. The average molecular weight is 494 g/mol. The summed E-state index contributed by atoms with van der Waals surface area (Å²) in [7, 11) is 0. The van der Waals surface area contributed by atoms with Crippen molar-refractivity contribution in [2.45, 2.75) is 26.2 Å². The van der Waals surface area contributed by atoms with E-state index in [4.69, 9.17) is 0 Å².